The van der Waals surface area contributed by atoms with E-state index in [-0.39, 0.29) is 11.2 Å². The molecule has 2 nitrogen and oxygen atoms in total. The molecule has 0 spiro atoms. The van der Waals surface area contributed by atoms with Crippen LogP contribution < -0.4 is 0 Å². The lowest BCUT2D eigenvalue weighted by atomic mass is 9.75. The highest BCUT2D eigenvalue weighted by Gasteiger charge is 2.37. The lowest BCUT2D eigenvalue weighted by Gasteiger charge is -2.26. The van der Waals surface area contributed by atoms with E-state index >= 15 is 0 Å². The second-order valence-electron chi connectivity index (χ2n) is 5.11. The van der Waals surface area contributed by atoms with E-state index in [1.165, 1.54) is 0 Å². The van der Waals surface area contributed by atoms with E-state index in [1.54, 1.807) is 0 Å². The zero-order chi connectivity index (χ0) is 11.3. The molecule has 0 radical (unpaired) electrons. The molecule has 0 amide bonds. The molecule has 2 aromatic rings. The van der Waals surface area contributed by atoms with Crippen molar-refractivity contribution in [2.75, 3.05) is 0 Å². The second kappa shape index (κ2) is 2.97. The number of hydrogen-bond donors (Lipinski definition) is 0. The highest BCUT2D eigenvalue weighted by Crippen LogP contribution is 2.39. The van der Waals surface area contributed by atoms with Crippen LogP contribution in [-0.2, 0) is 6.42 Å². The zero-order valence-corrected chi connectivity index (χ0v) is 9.54. The molecule has 0 saturated heterocycles. The first kappa shape index (κ1) is 9.64. The molecule has 82 valence electrons. The third-order valence-electron chi connectivity index (χ3n) is 3.49. The molecule has 3 rings (SSSR count). The monoisotopic (exact) mass is 214 g/mol. The second-order valence-corrected chi connectivity index (χ2v) is 5.11. The van der Waals surface area contributed by atoms with Crippen molar-refractivity contribution in [3.8, 4) is 0 Å². The largest absolute Gasteiger partial charge is 0.460 e. The summed E-state index contributed by atoms with van der Waals surface area (Å²) in [5.74, 6) is 1.09. The maximum absolute atomic E-state index is 12.4. The minimum Gasteiger partial charge on any atom is -0.460 e. The van der Waals surface area contributed by atoms with Crippen LogP contribution in [0.3, 0.4) is 0 Å². The predicted molar refractivity (Wildman–Crippen MR) is 62.6 cm³/mol. The fourth-order valence-electron chi connectivity index (χ4n) is 2.40. The van der Waals surface area contributed by atoms with Crippen molar-refractivity contribution in [1.29, 1.82) is 0 Å². The molecule has 0 N–H and O–H groups in total. The van der Waals surface area contributed by atoms with Gasteiger partial charge in [-0.3, -0.25) is 4.79 Å². The van der Waals surface area contributed by atoms with Gasteiger partial charge in [-0.15, -0.1) is 0 Å². The van der Waals surface area contributed by atoms with E-state index in [1.807, 2.05) is 38.1 Å². The first-order chi connectivity index (χ1) is 7.59. The molecule has 0 saturated carbocycles. The van der Waals surface area contributed by atoms with Crippen LogP contribution in [0.25, 0.3) is 11.0 Å². The molecule has 0 aliphatic heterocycles. The highest BCUT2D eigenvalue weighted by molar-refractivity contribution is 6.11. The summed E-state index contributed by atoms with van der Waals surface area (Å²) in [6.45, 7) is 4.03. The molecule has 2 heteroatoms. The van der Waals surface area contributed by atoms with Crippen molar-refractivity contribution >= 4 is 16.8 Å². The smallest absolute Gasteiger partial charge is 0.172 e. The van der Waals surface area contributed by atoms with Crippen molar-refractivity contribution in [3.05, 3.63) is 35.6 Å². The zero-order valence-electron chi connectivity index (χ0n) is 9.54. The Morgan fingerprint density at radius 1 is 1.25 bits per heavy atom. The number of carbonyl (C=O) groups is 1. The molecule has 0 fully saturated rings. The number of aryl methyl sites for hydroxylation is 1. The summed E-state index contributed by atoms with van der Waals surface area (Å²) in [6, 6.07) is 7.78. The number of benzene rings is 1. The number of para-hydroxylation sites is 1. The van der Waals surface area contributed by atoms with Gasteiger partial charge in [0.25, 0.3) is 0 Å². The van der Waals surface area contributed by atoms with Crippen LogP contribution >= 0.6 is 0 Å². The fraction of sp³-hybridized carbons (Fsp3) is 0.357. The number of Topliss-reactive ketones (excluding diaryl/α,β-unsaturated/α-hetero) is 1. The van der Waals surface area contributed by atoms with Gasteiger partial charge in [0.2, 0.25) is 0 Å². The first-order valence-electron chi connectivity index (χ1n) is 5.65. The molecule has 16 heavy (non-hydrogen) atoms. The summed E-state index contributed by atoms with van der Waals surface area (Å²) in [4.78, 5) is 12.4. The summed E-state index contributed by atoms with van der Waals surface area (Å²) in [7, 11) is 0. The van der Waals surface area contributed by atoms with Gasteiger partial charge in [-0.2, -0.15) is 0 Å². The van der Waals surface area contributed by atoms with Gasteiger partial charge < -0.3 is 4.42 Å². The average molecular weight is 214 g/mol. The van der Waals surface area contributed by atoms with Crippen molar-refractivity contribution in [2.45, 2.75) is 26.7 Å². The minimum absolute atomic E-state index is 0.221. The van der Waals surface area contributed by atoms with Gasteiger partial charge in [0, 0.05) is 17.2 Å². The van der Waals surface area contributed by atoms with Gasteiger partial charge >= 0.3 is 0 Å². The molecule has 1 aliphatic carbocycles. The summed E-state index contributed by atoms with van der Waals surface area (Å²) < 4.78 is 5.73. The first-order valence-corrected chi connectivity index (χ1v) is 5.65. The van der Waals surface area contributed by atoms with E-state index in [4.69, 9.17) is 4.42 Å². The quantitative estimate of drug-likeness (QED) is 0.670. The van der Waals surface area contributed by atoms with Gasteiger partial charge in [-0.1, -0.05) is 32.0 Å². The summed E-state index contributed by atoms with van der Waals surface area (Å²) >= 11 is 0. The lowest BCUT2D eigenvalue weighted by Crippen LogP contribution is -2.29. The van der Waals surface area contributed by atoms with Crippen LogP contribution in [-0.4, -0.2) is 5.78 Å². The number of fused-ring (bicyclic) bond motifs is 3. The lowest BCUT2D eigenvalue weighted by molar-refractivity contribution is 0.0807. The maximum atomic E-state index is 12.4. The van der Waals surface area contributed by atoms with E-state index in [9.17, 15) is 4.79 Å². The molecular weight excluding hydrogens is 200 g/mol. The van der Waals surface area contributed by atoms with Crippen molar-refractivity contribution in [2.24, 2.45) is 5.41 Å². The van der Waals surface area contributed by atoms with Crippen LogP contribution in [0.2, 0.25) is 0 Å². The molecule has 0 bridgehead atoms. The van der Waals surface area contributed by atoms with Gasteiger partial charge in [0.1, 0.15) is 11.3 Å². The number of hydrogen-bond acceptors (Lipinski definition) is 2. The van der Waals surface area contributed by atoms with E-state index in [0.29, 0.717) is 0 Å². The number of carbonyl (C=O) groups excluding carboxylic acids is 1. The van der Waals surface area contributed by atoms with Crippen LogP contribution in [0.1, 0.15) is 36.4 Å². The van der Waals surface area contributed by atoms with Crippen molar-refractivity contribution in [1.82, 2.24) is 0 Å². The Kier molecular flexibility index (Phi) is 1.79. The molecule has 1 aromatic carbocycles. The standard InChI is InChI=1S/C14H14O2/c1-14(2)8-7-11-12(13(14)15)9-5-3-4-6-10(9)16-11/h3-6H,7-8H2,1-2H3. The van der Waals surface area contributed by atoms with Crippen LogP contribution in [0.4, 0.5) is 0 Å². The number of ketones is 1. The molecule has 1 heterocycles. The van der Waals surface area contributed by atoms with Crippen LogP contribution in [0, 0.1) is 5.41 Å². The SMILES string of the molecule is CC1(C)CCc2oc3ccccc3c2C1=O. The van der Waals surface area contributed by atoms with Gasteiger partial charge in [-0.05, 0) is 12.5 Å². The predicted octanol–water partition coefficient (Wildman–Crippen LogP) is 3.59. The topological polar surface area (TPSA) is 30.2 Å². The molecule has 1 aromatic heterocycles. The third-order valence-corrected chi connectivity index (χ3v) is 3.49. The Morgan fingerprint density at radius 3 is 2.81 bits per heavy atom. The molecular formula is C14H14O2. The number of rotatable bonds is 0. The fourth-order valence-corrected chi connectivity index (χ4v) is 2.40. The Labute approximate surface area is 94.3 Å². The highest BCUT2D eigenvalue weighted by atomic mass is 16.3. The van der Waals surface area contributed by atoms with E-state index in [0.717, 1.165) is 35.1 Å². The molecule has 1 aliphatic rings. The molecule has 0 atom stereocenters. The Morgan fingerprint density at radius 2 is 2.00 bits per heavy atom. The number of furan rings is 1. The molecule has 0 unspecified atom stereocenters. The van der Waals surface area contributed by atoms with Gasteiger partial charge in [0.05, 0.1) is 5.56 Å². The van der Waals surface area contributed by atoms with E-state index < -0.39 is 0 Å². The average Bonchev–Trinajstić information content (AvgIpc) is 2.63. The van der Waals surface area contributed by atoms with Crippen molar-refractivity contribution in [3.63, 3.8) is 0 Å². The Balaban J connectivity index is 2.33. The van der Waals surface area contributed by atoms with E-state index in [2.05, 4.69) is 0 Å². The normalized spacial score (nSPS) is 18.8. The summed E-state index contributed by atoms with van der Waals surface area (Å²) in [5, 5.41) is 0.968. The third kappa shape index (κ3) is 1.16. The van der Waals surface area contributed by atoms with Crippen LogP contribution in [0.15, 0.2) is 28.7 Å². The van der Waals surface area contributed by atoms with Crippen molar-refractivity contribution < 1.29 is 9.21 Å². The summed E-state index contributed by atoms with van der Waals surface area (Å²) in [6.07, 6.45) is 1.74. The van der Waals surface area contributed by atoms with Gasteiger partial charge in [-0.25, -0.2) is 0 Å². The van der Waals surface area contributed by atoms with Gasteiger partial charge in [0.15, 0.2) is 5.78 Å². The van der Waals surface area contributed by atoms with Crippen LogP contribution in [0.5, 0.6) is 0 Å². The summed E-state index contributed by atoms with van der Waals surface area (Å²) in [5.41, 5.74) is 1.39. The maximum Gasteiger partial charge on any atom is 0.172 e. The Hall–Kier alpha value is -1.57. The minimum atomic E-state index is -0.250. The Bertz CT molecular complexity index is 575.